The van der Waals surface area contributed by atoms with Crippen LogP contribution in [0.2, 0.25) is 0 Å². The van der Waals surface area contributed by atoms with Crippen LogP contribution >= 0.6 is 0 Å². The molecule has 7 heteroatoms. The van der Waals surface area contributed by atoms with Crippen LogP contribution in [0.15, 0.2) is 30.5 Å². The molecule has 1 saturated carbocycles. The number of nitrogens with one attached hydrogen (secondary N) is 2. The van der Waals surface area contributed by atoms with E-state index in [0.29, 0.717) is 36.9 Å². The van der Waals surface area contributed by atoms with Gasteiger partial charge in [-0.3, -0.25) is 9.59 Å². The molecule has 2 unspecified atom stereocenters. The number of piperidine rings is 1. The second-order valence-electron chi connectivity index (χ2n) is 11.3. The van der Waals surface area contributed by atoms with Gasteiger partial charge < -0.3 is 25.0 Å². The van der Waals surface area contributed by atoms with Crippen molar-refractivity contribution >= 4 is 11.8 Å². The van der Waals surface area contributed by atoms with Crippen molar-refractivity contribution in [2.75, 3.05) is 13.2 Å². The normalized spacial score (nSPS) is 30.7. The molecule has 0 bridgehead atoms. The Hall–Kier alpha value is -2.38. The van der Waals surface area contributed by atoms with Crippen molar-refractivity contribution in [1.29, 1.82) is 0 Å². The number of ether oxygens (including phenoxy) is 2. The number of carbonyl (C=O) groups excluding carboxylic acids is 2. The first-order valence-electron chi connectivity index (χ1n) is 13.3. The molecule has 1 aliphatic carbocycles. The van der Waals surface area contributed by atoms with E-state index in [9.17, 15) is 9.59 Å². The molecule has 2 saturated heterocycles. The van der Waals surface area contributed by atoms with E-state index < -0.39 is 6.04 Å². The average Bonchev–Trinajstić information content (AvgIpc) is 3.13. The standard InChI is InChI=1S/C28H39N3O4/c1-18-8-11-24(26(32)30-18)31-17-20-14-21(9-10-22(20)27(31)33)35-25-7-5-4-6-23(25)29-16-19-12-13-34-28(2,3)15-19/h9-10,14,19,23-25,29H,1,4-8,11-13,15-17H2,2-3H3,(H,30,32)/t19?,23-,24?,25-/m1/s1. The lowest BCUT2D eigenvalue weighted by atomic mass is 9.87. The van der Waals surface area contributed by atoms with E-state index in [1.807, 2.05) is 18.2 Å². The Labute approximate surface area is 208 Å². The summed E-state index contributed by atoms with van der Waals surface area (Å²) in [7, 11) is 0. The van der Waals surface area contributed by atoms with E-state index >= 15 is 0 Å². The molecule has 5 rings (SSSR count). The number of hydrogen-bond acceptors (Lipinski definition) is 5. The second kappa shape index (κ2) is 9.94. The minimum atomic E-state index is -0.438. The minimum absolute atomic E-state index is 0.0327. The summed E-state index contributed by atoms with van der Waals surface area (Å²) in [6.45, 7) is 10.5. The molecule has 2 amide bonds. The Morgan fingerprint density at radius 2 is 2.03 bits per heavy atom. The first-order chi connectivity index (χ1) is 16.8. The topological polar surface area (TPSA) is 79.9 Å². The van der Waals surface area contributed by atoms with Crippen molar-refractivity contribution in [3.8, 4) is 5.75 Å². The van der Waals surface area contributed by atoms with Gasteiger partial charge in [0.2, 0.25) is 5.91 Å². The quantitative estimate of drug-likeness (QED) is 0.644. The zero-order chi connectivity index (χ0) is 24.6. The molecule has 3 fully saturated rings. The molecule has 0 aromatic heterocycles. The van der Waals surface area contributed by atoms with Gasteiger partial charge in [0.25, 0.3) is 5.91 Å². The van der Waals surface area contributed by atoms with Crippen LogP contribution in [-0.2, 0) is 16.1 Å². The number of allylic oxidation sites excluding steroid dienone is 1. The van der Waals surface area contributed by atoms with Gasteiger partial charge in [0.05, 0.1) is 5.60 Å². The van der Waals surface area contributed by atoms with Crippen molar-refractivity contribution in [1.82, 2.24) is 15.5 Å². The number of benzene rings is 1. The fraction of sp³-hybridized carbons (Fsp3) is 0.643. The van der Waals surface area contributed by atoms with Crippen LogP contribution in [0.1, 0.15) is 81.1 Å². The highest BCUT2D eigenvalue weighted by molar-refractivity contribution is 6.01. The van der Waals surface area contributed by atoms with Gasteiger partial charge >= 0.3 is 0 Å². The summed E-state index contributed by atoms with van der Waals surface area (Å²) in [5.74, 6) is 1.23. The molecule has 1 aromatic carbocycles. The fourth-order valence-electron chi connectivity index (χ4n) is 6.20. The third kappa shape index (κ3) is 5.41. The lowest BCUT2D eigenvalue weighted by Crippen LogP contribution is -2.49. The van der Waals surface area contributed by atoms with E-state index in [1.165, 1.54) is 12.8 Å². The summed E-state index contributed by atoms with van der Waals surface area (Å²) in [6, 6.07) is 5.67. The predicted octanol–water partition coefficient (Wildman–Crippen LogP) is 3.92. The summed E-state index contributed by atoms with van der Waals surface area (Å²) < 4.78 is 12.4. The lowest BCUT2D eigenvalue weighted by Gasteiger charge is -2.38. The van der Waals surface area contributed by atoms with Gasteiger partial charge in [-0.05, 0) is 95.0 Å². The predicted molar refractivity (Wildman–Crippen MR) is 134 cm³/mol. The Morgan fingerprint density at radius 3 is 2.83 bits per heavy atom. The molecule has 2 N–H and O–H groups in total. The number of nitrogens with zero attached hydrogens (tertiary/aromatic N) is 1. The van der Waals surface area contributed by atoms with Gasteiger partial charge in [0.15, 0.2) is 0 Å². The highest BCUT2D eigenvalue weighted by Gasteiger charge is 2.38. The van der Waals surface area contributed by atoms with Crippen molar-refractivity contribution in [2.24, 2.45) is 5.92 Å². The third-order valence-corrected chi connectivity index (χ3v) is 8.06. The maximum atomic E-state index is 13.0. The number of carbonyl (C=O) groups is 2. The highest BCUT2D eigenvalue weighted by Crippen LogP contribution is 2.33. The molecule has 0 spiro atoms. The SMILES string of the molecule is C=C1CCC(N2Cc3cc(O[C@@H]4CCCC[C@H]4NCC4CCOC(C)(C)C4)ccc3C2=O)C(=O)N1. The molecule has 7 nitrogen and oxygen atoms in total. The summed E-state index contributed by atoms with van der Waals surface area (Å²) >= 11 is 0. The molecule has 3 aliphatic heterocycles. The molecule has 35 heavy (non-hydrogen) atoms. The molecule has 1 aromatic rings. The van der Waals surface area contributed by atoms with Crippen molar-refractivity contribution in [2.45, 2.75) is 95.5 Å². The maximum Gasteiger partial charge on any atom is 0.255 e. The molecule has 0 radical (unpaired) electrons. The van der Waals surface area contributed by atoms with Crippen LogP contribution in [0.5, 0.6) is 5.75 Å². The maximum absolute atomic E-state index is 13.0. The van der Waals surface area contributed by atoms with Crippen molar-refractivity contribution in [3.63, 3.8) is 0 Å². The monoisotopic (exact) mass is 481 g/mol. The van der Waals surface area contributed by atoms with E-state index in [-0.39, 0.29) is 23.5 Å². The van der Waals surface area contributed by atoms with Crippen LogP contribution in [0, 0.1) is 5.92 Å². The zero-order valence-electron chi connectivity index (χ0n) is 21.1. The fourth-order valence-corrected chi connectivity index (χ4v) is 6.20. The second-order valence-corrected chi connectivity index (χ2v) is 11.3. The molecule has 4 atom stereocenters. The number of fused-ring (bicyclic) bond motifs is 1. The largest absolute Gasteiger partial charge is 0.489 e. The first kappa shape index (κ1) is 24.3. The Balaban J connectivity index is 1.21. The first-order valence-corrected chi connectivity index (χ1v) is 13.3. The van der Waals surface area contributed by atoms with Gasteiger partial charge in [0.1, 0.15) is 17.9 Å². The van der Waals surface area contributed by atoms with Crippen LogP contribution in [0.25, 0.3) is 0 Å². The van der Waals surface area contributed by atoms with E-state index in [2.05, 4.69) is 31.1 Å². The number of hydrogen-bond donors (Lipinski definition) is 2. The van der Waals surface area contributed by atoms with Crippen LogP contribution < -0.4 is 15.4 Å². The third-order valence-electron chi connectivity index (χ3n) is 8.06. The van der Waals surface area contributed by atoms with Crippen LogP contribution in [0.3, 0.4) is 0 Å². The summed E-state index contributed by atoms with van der Waals surface area (Å²) in [4.78, 5) is 27.2. The van der Waals surface area contributed by atoms with Crippen molar-refractivity contribution < 1.29 is 19.1 Å². The van der Waals surface area contributed by atoms with E-state index in [1.54, 1.807) is 4.90 Å². The summed E-state index contributed by atoms with van der Waals surface area (Å²) in [5, 5.41) is 6.62. The van der Waals surface area contributed by atoms with E-state index in [0.717, 1.165) is 55.8 Å². The van der Waals surface area contributed by atoms with Gasteiger partial charge in [0, 0.05) is 30.5 Å². The Bertz CT molecular complexity index is 990. The Kier molecular flexibility index (Phi) is 6.91. The summed E-state index contributed by atoms with van der Waals surface area (Å²) in [6.07, 6.45) is 8.18. The molecule has 4 aliphatic rings. The highest BCUT2D eigenvalue weighted by atomic mass is 16.5. The van der Waals surface area contributed by atoms with E-state index in [4.69, 9.17) is 9.47 Å². The summed E-state index contributed by atoms with van der Waals surface area (Å²) in [5.41, 5.74) is 2.31. The smallest absolute Gasteiger partial charge is 0.255 e. The van der Waals surface area contributed by atoms with Gasteiger partial charge in [-0.25, -0.2) is 0 Å². The molecular formula is C28H39N3O4. The van der Waals surface area contributed by atoms with Crippen LogP contribution in [0.4, 0.5) is 0 Å². The number of rotatable bonds is 6. The lowest BCUT2D eigenvalue weighted by molar-refractivity contribution is -0.126. The van der Waals surface area contributed by atoms with Crippen LogP contribution in [-0.4, -0.2) is 53.7 Å². The van der Waals surface area contributed by atoms with Gasteiger partial charge in [-0.2, -0.15) is 0 Å². The average molecular weight is 482 g/mol. The molecule has 190 valence electrons. The molecular weight excluding hydrogens is 442 g/mol. The minimum Gasteiger partial charge on any atom is -0.489 e. The van der Waals surface area contributed by atoms with Gasteiger partial charge in [-0.15, -0.1) is 0 Å². The van der Waals surface area contributed by atoms with Gasteiger partial charge in [-0.1, -0.05) is 13.0 Å². The van der Waals surface area contributed by atoms with Crippen molar-refractivity contribution in [3.05, 3.63) is 41.6 Å². The zero-order valence-corrected chi connectivity index (χ0v) is 21.1. The molecule has 3 heterocycles. The number of amides is 2. The Morgan fingerprint density at radius 1 is 1.20 bits per heavy atom.